The summed E-state index contributed by atoms with van der Waals surface area (Å²) in [5.41, 5.74) is 0. The molecule has 1 aliphatic rings. The fourth-order valence-electron chi connectivity index (χ4n) is 2.25. The molecule has 0 aliphatic carbocycles. The Morgan fingerprint density at radius 2 is 2.29 bits per heavy atom. The average molecular weight is 296 g/mol. The first-order chi connectivity index (χ1) is 10.1. The van der Waals surface area contributed by atoms with Crippen LogP contribution >= 0.6 is 0 Å². The highest BCUT2D eigenvalue weighted by Gasteiger charge is 2.30. The second-order valence-electron chi connectivity index (χ2n) is 4.96. The van der Waals surface area contributed by atoms with Crippen molar-refractivity contribution in [2.45, 2.75) is 25.8 Å². The van der Waals surface area contributed by atoms with Gasteiger partial charge in [-0.3, -0.25) is 4.79 Å². The first-order valence-corrected chi connectivity index (χ1v) is 6.98. The molecule has 7 nitrogen and oxygen atoms in total. The molecule has 7 heteroatoms. The molecule has 1 fully saturated rings. The number of hydrogen-bond donors (Lipinski definition) is 2. The summed E-state index contributed by atoms with van der Waals surface area (Å²) in [6.07, 6.45) is 0.458. The Morgan fingerprint density at radius 1 is 1.48 bits per heavy atom. The number of carboxylic acid groups (broad SMARTS) is 1. The van der Waals surface area contributed by atoms with Gasteiger partial charge in [0.05, 0.1) is 13.2 Å². The minimum absolute atomic E-state index is 0.0458. The number of nitrogens with zero attached hydrogens (tertiary/aromatic N) is 1. The third-order valence-electron chi connectivity index (χ3n) is 3.32. The molecule has 116 valence electrons. The summed E-state index contributed by atoms with van der Waals surface area (Å²) in [5.74, 6) is 0.629. The normalized spacial score (nSPS) is 18.5. The number of carboxylic acids is 1. The van der Waals surface area contributed by atoms with Gasteiger partial charge < -0.3 is 24.5 Å². The van der Waals surface area contributed by atoms with E-state index < -0.39 is 5.97 Å². The van der Waals surface area contributed by atoms with Crippen LogP contribution in [0.15, 0.2) is 16.5 Å². The van der Waals surface area contributed by atoms with Gasteiger partial charge in [-0.2, -0.15) is 0 Å². The van der Waals surface area contributed by atoms with E-state index in [0.29, 0.717) is 38.5 Å². The van der Waals surface area contributed by atoms with Gasteiger partial charge in [0.25, 0.3) is 0 Å². The molecule has 0 aromatic carbocycles. The molecular formula is C14H20N2O5. The third kappa shape index (κ3) is 4.22. The number of hydrogen-bond acceptors (Lipinski definition) is 4. The Morgan fingerprint density at radius 3 is 2.95 bits per heavy atom. The molecule has 2 heterocycles. The zero-order valence-corrected chi connectivity index (χ0v) is 12.0. The average Bonchev–Trinajstić information content (AvgIpc) is 2.89. The van der Waals surface area contributed by atoms with Crippen LogP contribution in [0.5, 0.6) is 0 Å². The lowest BCUT2D eigenvalue weighted by molar-refractivity contribution is -0.137. The van der Waals surface area contributed by atoms with Crippen molar-refractivity contribution in [1.82, 2.24) is 10.2 Å². The highest BCUT2D eigenvalue weighted by atomic mass is 16.5. The maximum absolute atomic E-state index is 12.2. The molecule has 0 saturated carbocycles. The van der Waals surface area contributed by atoms with E-state index in [1.165, 1.54) is 0 Å². The zero-order valence-electron chi connectivity index (χ0n) is 12.0. The topological polar surface area (TPSA) is 92.0 Å². The smallest absolute Gasteiger partial charge is 0.318 e. The second kappa shape index (κ2) is 7.12. The Balaban J connectivity index is 1.92. The van der Waals surface area contributed by atoms with Gasteiger partial charge in [-0.15, -0.1) is 0 Å². The Labute approximate surface area is 122 Å². The molecule has 0 bridgehead atoms. The number of aryl methyl sites for hydroxylation is 1. The lowest BCUT2D eigenvalue weighted by Crippen LogP contribution is -2.48. The van der Waals surface area contributed by atoms with Crippen molar-refractivity contribution in [2.75, 3.05) is 26.3 Å². The number of carbonyl (C=O) groups is 2. The van der Waals surface area contributed by atoms with E-state index in [9.17, 15) is 9.59 Å². The summed E-state index contributed by atoms with van der Waals surface area (Å²) in [6.45, 7) is 3.55. The Hall–Kier alpha value is -2.02. The molecular weight excluding hydrogens is 276 g/mol. The number of urea groups is 1. The van der Waals surface area contributed by atoms with E-state index in [-0.39, 0.29) is 18.5 Å². The molecule has 1 saturated heterocycles. The fraction of sp³-hybridized carbons (Fsp3) is 0.571. The second-order valence-corrected chi connectivity index (χ2v) is 4.96. The van der Waals surface area contributed by atoms with Crippen molar-refractivity contribution in [3.05, 3.63) is 23.7 Å². The lowest BCUT2D eigenvalue weighted by atomic mass is 10.2. The van der Waals surface area contributed by atoms with Gasteiger partial charge in [-0.25, -0.2) is 4.79 Å². The van der Waals surface area contributed by atoms with E-state index >= 15 is 0 Å². The Kier molecular flexibility index (Phi) is 5.21. The van der Waals surface area contributed by atoms with Crippen molar-refractivity contribution < 1.29 is 23.8 Å². The first kappa shape index (κ1) is 15.4. The summed E-state index contributed by atoms with van der Waals surface area (Å²) in [7, 11) is 0. The van der Waals surface area contributed by atoms with Crippen LogP contribution < -0.4 is 5.32 Å². The minimum Gasteiger partial charge on any atom is -0.481 e. The van der Waals surface area contributed by atoms with Crippen LogP contribution in [0.2, 0.25) is 0 Å². The van der Waals surface area contributed by atoms with E-state index in [1.807, 2.05) is 19.1 Å². The van der Waals surface area contributed by atoms with Crippen LogP contribution in [0.4, 0.5) is 4.79 Å². The zero-order chi connectivity index (χ0) is 15.2. The van der Waals surface area contributed by atoms with Crippen LogP contribution in [0.3, 0.4) is 0 Å². The number of ether oxygens (including phenoxy) is 1. The SMILES string of the molecule is Cc1ccc(C2COCCN2C(=O)NCCCC(=O)O)o1. The van der Waals surface area contributed by atoms with Crippen LogP contribution in [-0.2, 0) is 9.53 Å². The Bertz CT molecular complexity index is 499. The number of aliphatic carboxylic acids is 1. The predicted octanol–water partition coefficient (Wildman–Crippen LogP) is 1.54. The monoisotopic (exact) mass is 296 g/mol. The number of amides is 2. The molecule has 1 aromatic heterocycles. The van der Waals surface area contributed by atoms with Gasteiger partial charge in [0, 0.05) is 19.5 Å². The molecule has 1 aliphatic heterocycles. The van der Waals surface area contributed by atoms with Crippen LogP contribution in [0, 0.1) is 6.92 Å². The number of nitrogens with one attached hydrogen (secondary N) is 1. The quantitative estimate of drug-likeness (QED) is 0.804. The molecule has 2 amide bonds. The van der Waals surface area contributed by atoms with Crippen LogP contribution in [-0.4, -0.2) is 48.3 Å². The third-order valence-corrected chi connectivity index (χ3v) is 3.32. The minimum atomic E-state index is -0.862. The molecule has 1 atom stereocenters. The van der Waals surface area contributed by atoms with E-state index in [0.717, 1.165) is 5.76 Å². The predicted molar refractivity (Wildman–Crippen MR) is 74.0 cm³/mol. The maximum atomic E-state index is 12.2. The van der Waals surface area contributed by atoms with Crippen molar-refractivity contribution in [3.8, 4) is 0 Å². The summed E-state index contributed by atoms with van der Waals surface area (Å²) in [4.78, 5) is 24.3. The lowest BCUT2D eigenvalue weighted by Gasteiger charge is -2.34. The van der Waals surface area contributed by atoms with E-state index in [4.69, 9.17) is 14.3 Å². The van der Waals surface area contributed by atoms with Gasteiger partial charge in [0.2, 0.25) is 0 Å². The van der Waals surface area contributed by atoms with E-state index in [1.54, 1.807) is 4.90 Å². The van der Waals surface area contributed by atoms with E-state index in [2.05, 4.69) is 5.32 Å². The number of rotatable bonds is 5. The van der Waals surface area contributed by atoms with Gasteiger partial charge in [-0.05, 0) is 25.5 Å². The van der Waals surface area contributed by atoms with Crippen LogP contribution in [0.1, 0.15) is 30.4 Å². The van der Waals surface area contributed by atoms with Gasteiger partial charge in [0.1, 0.15) is 17.6 Å². The number of morpholine rings is 1. The molecule has 1 aromatic rings. The van der Waals surface area contributed by atoms with Crippen molar-refractivity contribution in [3.63, 3.8) is 0 Å². The molecule has 21 heavy (non-hydrogen) atoms. The van der Waals surface area contributed by atoms with Gasteiger partial charge >= 0.3 is 12.0 Å². The molecule has 2 rings (SSSR count). The molecule has 2 N–H and O–H groups in total. The van der Waals surface area contributed by atoms with Crippen molar-refractivity contribution in [1.29, 1.82) is 0 Å². The summed E-state index contributed by atoms with van der Waals surface area (Å²) < 4.78 is 11.0. The molecule has 0 spiro atoms. The standard InChI is InChI=1S/C14H20N2O5/c1-10-4-5-12(21-10)11-9-20-8-7-16(11)14(19)15-6-2-3-13(17)18/h4-5,11H,2-3,6-9H2,1H3,(H,15,19)(H,17,18). The maximum Gasteiger partial charge on any atom is 0.318 e. The van der Waals surface area contributed by atoms with Gasteiger partial charge in [0.15, 0.2) is 0 Å². The van der Waals surface area contributed by atoms with Crippen molar-refractivity contribution in [2.24, 2.45) is 0 Å². The molecule has 1 unspecified atom stereocenters. The summed E-state index contributed by atoms with van der Waals surface area (Å²) in [6, 6.07) is 3.24. The van der Waals surface area contributed by atoms with Crippen molar-refractivity contribution >= 4 is 12.0 Å². The van der Waals surface area contributed by atoms with Gasteiger partial charge in [-0.1, -0.05) is 0 Å². The summed E-state index contributed by atoms with van der Waals surface area (Å²) in [5, 5.41) is 11.3. The first-order valence-electron chi connectivity index (χ1n) is 6.98. The highest BCUT2D eigenvalue weighted by Crippen LogP contribution is 2.25. The number of carbonyl (C=O) groups excluding carboxylic acids is 1. The van der Waals surface area contributed by atoms with Crippen LogP contribution in [0.25, 0.3) is 0 Å². The summed E-state index contributed by atoms with van der Waals surface area (Å²) >= 11 is 0. The largest absolute Gasteiger partial charge is 0.481 e. The fourth-order valence-corrected chi connectivity index (χ4v) is 2.25. The highest BCUT2D eigenvalue weighted by molar-refractivity contribution is 5.75. The molecule has 0 radical (unpaired) electrons. The number of furan rings is 1.